The number of alkyl halides is 6. The van der Waals surface area contributed by atoms with E-state index in [1.54, 1.807) is 11.9 Å². The number of rotatable bonds is 8. The Kier molecular flexibility index (Phi) is 9.79. The van der Waals surface area contributed by atoms with E-state index in [2.05, 4.69) is 26.4 Å². The van der Waals surface area contributed by atoms with Crippen molar-refractivity contribution < 1.29 is 36.2 Å². The zero-order chi connectivity index (χ0) is 34.3. The zero-order valence-corrected chi connectivity index (χ0v) is 26.9. The highest BCUT2D eigenvalue weighted by Gasteiger charge is 2.38. The standard InChI is InChI=1S/C33H40F6N6O2/c1-19-12-27-28(6-5-11-44(30(27)21(3)20(19)2)17-23-9-7-22(8-10-23)15-29(46)47)45(31-40-42-43(4)41-31)18-24-13-25(32(34,35)36)16-26(14-24)33(37,38)39/h12-14,16,22-23,28H,5-11,15,17-18H2,1-4H3,(H,46,47)/t22?,23?,28-/m0/s1. The molecule has 0 unspecified atom stereocenters. The number of aromatic nitrogens is 4. The van der Waals surface area contributed by atoms with E-state index >= 15 is 0 Å². The highest BCUT2D eigenvalue weighted by molar-refractivity contribution is 5.67. The van der Waals surface area contributed by atoms with Crippen LogP contribution in [0.5, 0.6) is 0 Å². The van der Waals surface area contributed by atoms with Gasteiger partial charge in [0.25, 0.3) is 5.95 Å². The number of aliphatic carboxylic acids is 1. The van der Waals surface area contributed by atoms with Crippen LogP contribution in [0.2, 0.25) is 0 Å². The molecular weight excluding hydrogens is 626 g/mol. The van der Waals surface area contributed by atoms with Crippen LogP contribution in [0.1, 0.15) is 89.9 Å². The van der Waals surface area contributed by atoms with Crippen molar-refractivity contribution in [1.29, 1.82) is 0 Å². The summed E-state index contributed by atoms with van der Waals surface area (Å²) in [6, 6.07) is 3.26. The van der Waals surface area contributed by atoms with Crippen LogP contribution >= 0.6 is 0 Å². The highest BCUT2D eigenvalue weighted by Crippen LogP contribution is 2.44. The lowest BCUT2D eigenvalue weighted by molar-refractivity contribution is -0.143. The zero-order valence-electron chi connectivity index (χ0n) is 26.9. The lowest BCUT2D eigenvalue weighted by atomic mass is 9.80. The van der Waals surface area contributed by atoms with E-state index in [0.717, 1.165) is 72.3 Å². The molecule has 0 radical (unpaired) electrons. The van der Waals surface area contributed by atoms with Gasteiger partial charge in [0.1, 0.15) is 0 Å². The molecule has 1 atom stereocenters. The lowest BCUT2D eigenvalue weighted by Crippen LogP contribution is -2.34. The summed E-state index contributed by atoms with van der Waals surface area (Å²) in [5.74, 6) is -0.119. The van der Waals surface area contributed by atoms with Crippen molar-refractivity contribution in [3.8, 4) is 0 Å². The number of carboxylic acids is 1. The van der Waals surface area contributed by atoms with Crippen LogP contribution in [-0.4, -0.2) is 44.4 Å². The van der Waals surface area contributed by atoms with E-state index in [4.69, 9.17) is 0 Å². The summed E-state index contributed by atoms with van der Waals surface area (Å²) in [7, 11) is 1.55. The summed E-state index contributed by atoms with van der Waals surface area (Å²) in [5, 5.41) is 21.7. The monoisotopic (exact) mass is 666 g/mol. The van der Waals surface area contributed by atoms with Gasteiger partial charge < -0.3 is 14.9 Å². The topological polar surface area (TPSA) is 87.4 Å². The summed E-state index contributed by atoms with van der Waals surface area (Å²) < 4.78 is 82.8. The van der Waals surface area contributed by atoms with E-state index in [1.165, 1.54) is 4.80 Å². The van der Waals surface area contributed by atoms with Crippen molar-refractivity contribution in [2.75, 3.05) is 22.9 Å². The molecule has 0 bridgehead atoms. The molecule has 0 spiro atoms. The van der Waals surface area contributed by atoms with Crippen LogP contribution in [0.25, 0.3) is 0 Å². The number of hydrogen-bond donors (Lipinski definition) is 1. The minimum absolute atomic E-state index is 0.107. The molecule has 1 N–H and O–H groups in total. The fourth-order valence-electron chi connectivity index (χ4n) is 7.22. The molecule has 2 aliphatic rings. The second kappa shape index (κ2) is 13.3. The molecule has 1 saturated carbocycles. The molecule has 5 rings (SSSR count). The van der Waals surface area contributed by atoms with Gasteiger partial charge in [-0.2, -0.15) is 31.1 Å². The van der Waals surface area contributed by atoms with Gasteiger partial charge in [0.2, 0.25) is 0 Å². The minimum Gasteiger partial charge on any atom is -0.481 e. The molecule has 3 aromatic rings. The quantitative estimate of drug-likeness (QED) is 0.246. The summed E-state index contributed by atoms with van der Waals surface area (Å²) >= 11 is 0. The Morgan fingerprint density at radius 3 is 2.09 bits per heavy atom. The van der Waals surface area contributed by atoms with Crippen LogP contribution in [0.3, 0.4) is 0 Å². The number of benzene rings is 2. The second-order valence-electron chi connectivity index (χ2n) is 13.1. The Morgan fingerprint density at radius 2 is 1.53 bits per heavy atom. The van der Waals surface area contributed by atoms with Gasteiger partial charge in [0.15, 0.2) is 0 Å². The van der Waals surface area contributed by atoms with E-state index < -0.39 is 35.5 Å². The number of nitrogens with zero attached hydrogens (tertiary/aromatic N) is 6. The normalized spacial score (nSPS) is 20.6. The number of tetrazole rings is 1. The first-order valence-electron chi connectivity index (χ1n) is 15.9. The number of hydrogen-bond acceptors (Lipinski definition) is 6. The molecule has 14 heteroatoms. The van der Waals surface area contributed by atoms with E-state index in [9.17, 15) is 36.2 Å². The largest absolute Gasteiger partial charge is 0.481 e. The van der Waals surface area contributed by atoms with Crippen molar-refractivity contribution in [3.05, 3.63) is 63.2 Å². The Morgan fingerprint density at radius 1 is 0.915 bits per heavy atom. The maximum atomic E-state index is 13.8. The van der Waals surface area contributed by atoms with Crippen LogP contribution in [-0.2, 0) is 30.7 Å². The average molecular weight is 667 g/mol. The molecule has 8 nitrogen and oxygen atoms in total. The number of aryl methyl sites for hydroxylation is 2. The first kappa shape index (κ1) is 34.5. The summed E-state index contributed by atoms with van der Waals surface area (Å²) in [5.41, 5.74) is 2.21. The third kappa shape index (κ3) is 7.83. The van der Waals surface area contributed by atoms with Crippen LogP contribution < -0.4 is 9.80 Å². The Hall–Kier alpha value is -3.84. The predicted octanol–water partition coefficient (Wildman–Crippen LogP) is 7.80. The number of anilines is 2. The SMILES string of the molecule is Cc1cc2c(c(C)c1C)N(CC1CCC(CC(=O)O)CC1)CCC[C@@H]2N(Cc1cc(C(F)(F)F)cc(C(F)(F)F)c1)c1nnn(C)n1. The van der Waals surface area contributed by atoms with Crippen molar-refractivity contribution in [1.82, 2.24) is 20.2 Å². The van der Waals surface area contributed by atoms with E-state index in [1.807, 2.05) is 20.8 Å². The summed E-state index contributed by atoms with van der Waals surface area (Å²) in [6.45, 7) is 7.27. The number of carbonyl (C=O) groups is 1. The van der Waals surface area contributed by atoms with Gasteiger partial charge in [-0.05, 0) is 122 Å². The lowest BCUT2D eigenvalue weighted by Gasteiger charge is -2.36. The smallest absolute Gasteiger partial charge is 0.416 e. The Labute approximate surface area is 269 Å². The molecule has 47 heavy (non-hydrogen) atoms. The highest BCUT2D eigenvalue weighted by atomic mass is 19.4. The minimum atomic E-state index is -4.97. The molecule has 0 amide bonds. The van der Waals surface area contributed by atoms with Gasteiger partial charge in [-0.25, -0.2) is 0 Å². The number of carboxylic acid groups (broad SMARTS) is 1. The third-order valence-corrected chi connectivity index (χ3v) is 9.77. The van der Waals surface area contributed by atoms with Gasteiger partial charge in [-0.3, -0.25) is 4.79 Å². The predicted molar refractivity (Wildman–Crippen MR) is 164 cm³/mol. The van der Waals surface area contributed by atoms with Gasteiger partial charge in [-0.1, -0.05) is 11.2 Å². The van der Waals surface area contributed by atoms with Crippen molar-refractivity contribution >= 4 is 17.6 Å². The Balaban J connectivity index is 1.55. The molecular formula is C33H40F6N6O2. The van der Waals surface area contributed by atoms with E-state index in [-0.39, 0.29) is 36.5 Å². The molecule has 1 fully saturated rings. The maximum Gasteiger partial charge on any atom is 0.416 e. The fraction of sp³-hybridized carbons (Fsp3) is 0.576. The summed E-state index contributed by atoms with van der Waals surface area (Å²) in [4.78, 5) is 16.5. The molecule has 0 saturated heterocycles. The van der Waals surface area contributed by atoms with Crippen LogP contribution in [0, 0.1) is 32.6 Å². The van der Waals surface area contributed by atoms with Gasteiger partial charge in [0, 0.05) is 31.7 Å². The molecule has 1 aliphatic heterocycles. The van der Waals surface area contributed by atoms with Gasteiger partial charge in [-0.15, -0.1) is 5.10 Å². The first-order valence-corrected chi connectivity index (χ1v) is 15.9. The van der Waals surface area contributed by atoms with Crippen molar-refractivity contribution in [2.24, 2.45) is 18.9 Å². The fourth-order valence-corrected chi connectivity index (χ4v) is 7.22. The maximum absolute atomic E-state index is 13.8. The van der Waals surface area contributed by atoms with Gasteiger partial charge >= 0.3 is 18.3 Å². The van der Waals surface area contributed by atoms with Crippen LogP contribution in [0.15, 0.2) is 24.3 Å². The molecule has 1 aromatic heterocycles. The second-order valence-corrected chi connectivity index (χ2v) is 13.1. The Bertz CT molecular complexity index is 1560. The molecule has 1 aliphatic carbocycles. The average Bonchev–Trinajstić information content (AvgIpc) is 3.34. The molecule has 2 aromatic carbocycles. The van der Waals surface area contributed by atoms with Crippen molar-refractivity contribution in [3.63, 3.8) is 0 Å². The van der Waals surface area contributed by atoms with Crippen molar-refractivity contribution in [2.45, 2.75) is 90.7 Å². The number of halogens is 6. The van der Waals surface area contributed by atoms with Gasteiger partial charge in [0.05, 0.1) is 24.2 Å². The first-order chi connectivity index (χ1) is 22.0. The molecule has 2 heterocycles. The van der Waals surface area contributed by atoms with Crippen LogP contribution in [0.4, 0.5) is 38.0 Å². The molecule has 256 valence electrons. The van der Waals surface area contributed by atoms with E-state index in [0.29, 0.717) is 25.3 Å². The third-order valence-electron chi connectivity index (χ3n) is 9.77. The summed E-state index contributed by atoms with van der Waals surface area (Å²) in [6.07, 6.45) is -4.95. The number of fused-ring (bicyclic) bond motifs is 1.